The summed E-state index contributed by atoms with van der Waals surface area (Å²) in [6, 6.07) is 7.82. The molecule has 1 aromatic carbocycles. The van der Waals surface area contributed by atoms with Crippen molar-refractivity contribution >= 4 is 0 Å². The van der Waals surface area contributed by atoms with Crippen LogP contribution in [-0.4, -0.2) is 7.05 Å². The van der Waals surface area contributed by atoms with E-state index in [1.165, 1.54) is 50.5 Å². The van der Waals surface area contributed by atoms with Gasteiger partial charge < -0.3 is 5.32 Å². The number of rotatable bonds is 3. The van der Waals surface area contributed by atoms with Gasteiger partial charge in [0.2, 0.25) is 0 Å². The lowest BCUT2D eigenvalue weighted by molar-refractivity contribution is 0.203. The van der Waals surface area contributed by atoms with Crippen LogP contribution in [0.5, 0.6) is 0 Å². The standard InChI is InChI=1S/C19H29N/c1-19(2)12-6-9-17(19)18(20-3)16-11-10-14-7-4-5-8-15(14)13-16/h10-11,13,17-18,20H,4-9,12H2,1-3H3. The fourth-order valence-corrected chi connectivity index (χ4v) is 4.52. The minimum Gasteiger partial charge on any atom is -0.313 e. The highest BCUT2D eigenvalue weighted by atomic mass is 14.9. The van der Waals surface area contributed by atoms with Crippen molar-refractivity contribution in [2.75, 3.05) is 7.05 Å². The average molecular weight is 271 g/mol. The van der Waals surface area contributed by atoms with E-state index in [0.717, 1.165) is 5.92 Å². The molecule has 0 aliphatic heterocycles. The van der Waals surface area contributed by atoms with Crippen molar-refractivity contribution < 1.29 is 0 Å². The third-order valence-corrected chi connectivity index (χ3v) is 5.79. The van der Waals surface area contributed by atoms with Gasteiger partial charge in [-0.15, -0.1) is 0 Å². The van der Waals surface area contributed by atoms with Gasteiger partial charge in [-0.25, -0.2) is 0 Å². The molecule has 2 aliphatic carbocycles. The van der Waals surface area contributed by atoms with Crippen molar-refractivity contribution in [3.63, 3.8) is 0 Å². The van der Waals surface area contributed by atoms with Crippen LogP contribution < -0.4 is 5.32 Å². The number of hydrogen-bond donors (Lipinski definition) is 1. The molecule has 3 rings (SSSR count). The number of benzene rings is 1. The minimum absolute atomic E-state index is 0.476. The Morgan fingerprint density at radius 2 is 1.85 bits per heavy atom. The largest absolute Gasteiger partial charge is 0.313 e. The Hall–Kier alpha value is -0.820. The van der Waals surface area contributed by atoms with Crippen molar-refractivity contribution in [3.05, 3.63) is 34.9 Å². The first-order valence-electron chi connectivity index (χ1n) is 8.41. The molecule has 0 bridgehead atoms. The van der Waals surface area contributed by atoms with Crippen LogP contribution in [-0.2, 0) is 12.8 Å². The molecule has 1 N–H and O–H groups in total. The molecule has 2 aliphatic rings. The molecule has 1 aromatic rings. The van der Waals surface area contributed by atoms with Gasteiger partial charge >= 0.3 is 0 Å². The fraction of sp³-hybridized carbons (Fsp3) is 0.684. The fourth-order valence-electron chi connectivity index (χ4n) is 4.52. The zero-order chi connectivity index (χ0) is 14.2. The molecular formula is C19H29N. The van der Waals surface area contributed by atoms with Crippen LogP contribution in [0.2, 0.25) is 0 Å². The smallest absolute Gasteiger partial charge is 0.0351 e. The molecule has 2 atom stereocenters. The zero-order valence-corrected chi connectivity index (χ0v) is 13.3. The van der Waals surface area contributed by atoms with Crippen LogP contribution in [0.25, 0.3) is 0 Å². The first kappa shape index (κ1) is 14.1. The number of hydrogen-bond acceptors (Lipinski definition) is 1. The van der Waals surface area contributed by atoms with Crippen molar-refractivity contribution in [2.45, 2.75) is 64.8 Å². The maximum absolute atomic E-state index is 3.62. The first-order chi connectivity index (χ1) is 9.62. The van der Waals surface area contributed by atoms with E-state index < -0.39 is 0 Å². The summed E-state index contributed by atoms with van der Waals surface area (Å²) in [6.07, 6.45) is 9.45. The monoisotopic (exact) mass is 271 g/mol. The Balaban J connectivity index is 1.89. The molecule has 1 nitrogen and oxygen atoms in total. The van der Waals surface area contributed by atoms with Crippen molar-refractivity contribution in [3.8, 4) is 0 Å². The second-order valence-corrected chi connectivity index (χ2v) is 7.49. The maximum atomic E-state index is 3.62. The lowest BCUT2D eigenvalue weighted by Crippen LogP contribution is -2.32. The molecule has 0 aromatic heterocycles. The highest BCUT2D eigenvalue weighted by Crippen LogP contribution is 2.48. The summed E-state index contributed by atoms with van der Waals surface area (Å²) in [7, 11) is 2.14. The summed E-state index contributed by atoms with van der Waals surface area (Å²) in [5.41, 5.74) is 5.21. The second-order valence-electron chi connectivity index (χ2n) is 7.49. The number of fused-ring (bicyclic) bond motifs is 1. The Morgan fingerprint density at radius 1 is 1.10 bits per heavy atom. The number of nitrogens with one attached hydrogen (secondary N) is 1. The highest BCUT2D eigenvalue weighted by Gasteiger charge is 2.39. The van der Waals surface area contributed by atoms with E-state index >= 15 is 0 Å². The Kier molecular flexibility index (Phi) is 3.90. The van der Waals surface area contributed by atoms with Crippen LogP contribution in [0.3, 0.4) is 0 Å². The van der Waals surface area contributed by atoms with Gasteiger partial charge in [0.05, 0.1) is 0 Å². The molecular weight excluding hydrogens is 242 g/mol. The van der Waals surface area contributed by atoms with Crippen LogP contribution >= 0.6 is 0 Å². The summed E-state index contributed by atoms with van der Waals surface area (Å²) in [5.74, 6) is 0.772. The predicted octanol–water partition coefficient (Wildman–Crippen LogP) is 4.65. The molecule has 2 unspecified atom stereocenters. The van der Waals surface area contributed by atoms with E-state index in [2.05, 4.69) is 44.4 Å². The molecule has 0 amide bonds. The molecule has 0 spiro atoms. The Bertz CT molecular complexity index is 475. The van der Waals surface area contributed by atoms with Crippen LogP contribution in [0.1, 0.15) is 68.7 Å². The van der Waals surface area contributed by atoms with Gasteiger partial charge in [-0.3, -0.25) is 0 Å². The summed E-state index contributed by atoms with van der Waals surface area (Å²) in [6.45, 7) is 4.90. The van der Waals surface area contributed by atoms with Crippen LogP contribution in [0, 0.1) is 11.3 Å². The maximum Gasteiger partial charge on any atom is 0.0351 e. The lowest BCUT2D eigenvalue weighted by Gasteiger charge is -2.35. The van der Waals surface area contributed by atoms with E-state index in [9.17, 15) is 0 Å². The molecule has 0 heterocycles. The lowest BCUT2D eigenvalue weighted by atomic mass is 9.75. The predicted molar refractivity (Wildman–Crippen MR) is 86.0 cm³/mol. The highest BCUT2D eigenvalue weighted by molar-refractivity contribution is 5.35. The van der Waals surface area contributed by atoms with E-state index in [4.69, 9.17) is 0 Å². The van der Waals surface area contributed by atoms with Gasteiger partial charge in [0.1, 0.15) is 0 Å². The summed E-state index contributed by atoms with van der Waals surface area (Å²) >= 11 is 0. The van der Waals surface area contributed by atoms with Gasteiger partial charge in [-0.05, 0) is 73.6 Å². The molecule has 1 saturated carbocycles. The molecule has 20 heavy (non-hydrogen) atoms. The van der Waals surface area contributed by atoms with Crippen LogP contribution in [0.4, 0.5) is 0 Å². The van der Waals surface area contributed by atoms with E-state index in [-0.39, 0.29) is 0 Å². The summed E-state index contributed by atoms with van der Waals surface area (Å²) in [4.78, 5) is 0. The quantitative estimate of drug-likeness (QED) is 0.843. The van der Waals surface area contributed by atoms with Crippen molar-refractivity contribution in [1.82, 2.24) is 5.32 Å². The van der Waals surface area contributed by atoms with Gasteiger partial charge in [-0.1, -0.05) is 38.5 Å². The molecule has 0 radical (unpaired) electrons. The van der Waals surface area contributed by atoms with Crippen molar-refractivity contribution in [2.24, 2.45) is 11.3 Å². The van der Waals surface area contributed by atoms with E-state index in [1.807, 2.05) is 0 Å². The Labute approximate surface area is 124 Å². The average Bonchev–Trinajstić information content (AvgIpc) is 2.79. The normalized spacial score (nSPS) is 26.2. The zero-order valence-electron chi connectivity index (χ0n) is 13.3. The second kappa shape index (κ2) is 5.52. The van der Waals surface area contributed by atoms with E-state index in [0.29, 0.717) is 11.5 Å². The molecule has 1 fully saturated rings. The van der Waals surface area contributed by atoms with Crippen LogP contribution in [0.15, 0.2) is 18.2 Å². The molecule has 0 saturated heterocycles. The topological polar surface area (TPSA) is 12.0 Å². The van der Waals surface area contributed by atoms with Gasteiger partial charge in [-0.2, -0.15) is 0 Å². The SMILES string of the molecule is CNC(c1ccc2c(c1)CCCC2)C1CCCC1(C)C. The molecule has 110 valence electrons. The third-order valence-electron chi connectivity index (χ3n) is 5.79. The Morgan fingerprint density at radius 3 is 2.50 bits per heavy atom. The van der Waals surface area contributed by atoms with Crippen molar-refractivity contribution in [1.29, 1.82) is 0 Å². The van der Waals surface area contributed by atoms with Gasteiger partial charge in [0, 0.05) is 6.04 Å². The molecule has 1 heteroatoms. The summed E-state index contributed by atoms with van der Waals surface area (Å²) < 4.78 is 0. The minimum atomic E-state index is 0.476. The van der Waals surface area contributed by atoms with Gasteiger partial charge in [0.25, 0.3) is 0 Å². The van der Waals surface area contributed by atoms with E-state index in [1.54, 1.807) is 11.1 Å². The third kappa shape index (κ3) is 2.53. The summed E-state index contributed by atoms with van der Waals surface area (Å²) in [5, 5.41) is 3.62. The van der Waals surface area contributed by atoms with Gasteiger partial charge in [0.15, 0.2) is 0 Å². The number of aryl methyl sites for hydroxylation is 2. The first-order valence-corrected chi connectivity index (χ1v) is 8.41.